The molecule has 2 N–H and O–H groups in total. The molecule has 1 aliphatic carbocycles. The fraction of sp³-hybridized carbons (Fsp3) is 0.417. The van der Waals surface area contributed by atoms with E-state index in [1.54, 1.807) is 19.2 Å². The number of carbonyl (C=O) groups excluding carboxylic acids is 1. The van der Waals surface area contributed by atoms with E-state index in [1.165, 1.54) is 12.6 Å². The first-order valence-corrected chi connectivity index (χ1v) is 11.2. The molecule has 1 fully saturated rings. The molecule has 1 aliphatic rings. The first-order valence-electron chi connectivity index (χ1n) is 10.8. The quantitative estimate of drug-likeness (QED) is 0.311. The number of halogens is 1. The third-order valence-corrected chi connectivity index (χ3v) is 5.53. The monoisotopic (exact) mass is 459 g/mol. The van der Waals surface area contributed by atoms with E-state index in [4.69, 9.17) is 25.8 Å². The lowest BCUT2D eigenvalue weighted by Crippen LogP contribution is -2.41. The van der Waals surface area contributed by atoms with Crippen molar-refractivity contribution in [2.24, 2.45) is 5.10 Å². The van der Waals surface area contributed by atoms with Gasteiger partial charge >= 0.3 is 6.03 Å². The molecule has 0 heterocycles. The van der Waals surface area contributed by atoms with Crippen molar-refractivity contribution in [1.82, 2.24) is 10.7 Å². The van der Waals surface area contributed by atoms with E-state index >= 15 is 0 Å². The lowest BCUT2D eigenvalue weighted by Gasteiger charge is -2.22. The second-order valence-electron chi connectivity index (χ2n) is 7.67. The molecule has 0 aromatic heterocycles. The van der Waals surface area contributed by atoms with Crippen LogP contribution in [0.5, 0.6) is 17.2 Å². The van der Waals surface area contributed by atoms with Crippen molar-refractivity contribution in [2.75, 3.05) is 20.3 Å². The number of rotatable bonds is 9. The zero-order chi connectivity index (χ0) is 22.8. The maximum Gasteiger partial charge on any atom is 0.335 e. The predicted molar refractivity (Wildman–Crippen MR) is 126 cm³/mol. The van der Waals surface area contributed by atoms with Crippen molar-refractivity contribution < 1.29 is 19.0 Å². The van der Waals surface area contributed by atoms with Crippen molar-refractivity contribution in [3.8, 4) is 17.2 Å². The van der Waals surface area contributed by atoms with E-state index in [0.29, 0.717) is 35.3 Å². The average Bonchev–Trinajstić information content (AvgIpc) is 2.79. The Labute approximate surface area is 194 Å². The summed E-state index contributed by atoms with van der Waals surface area (Å²) in [7, 11) is 1.54. The van der Waals surface area contributed by atoms with Gasteiger partial charge in [0, 0.05) is 6.04 Å². The molecule has 0 radical (unpaired) electrons. The van der Waals surface area contributed by atoms with Crippen LogP contribution in [-0.4, -0.2) is 38.6 Å². The number of ether oxygens (including phenoxy) is 3. The molecule has 0 atom stereocenters. The van der Waals surface area contributed by atoms with Crippen LogP contribution in [0.15, 0.2) is 41.5 Å². The molecule has 0 saturated heterocycles. The number of hydrazone groups is 1. The number of aryl methyl sites for hydroxylation is 1. The van der Waals surface area contributed by atoms with Gasteiger partial charge in [0.1, 0.15) is 19.0 Å². The number of urea groups is 1. The smallest absolute Gasteiger partial charge is 0.335 e. The Bertz CT molecular complexity index is 929. The van der Waals surface area contributed by atoms with Crippen LogP contribution in [0.1, 0.15) is 43.2 Å². The van der Waals surface area contributed by atoms with Crippen LogP contribution in [0.4, 0.5) is 4.79 Å². The van der Waals surface area contributed by atoms with Crippen molar-refractivity contribution in [3.05, 3.63) is 52.5 Å². The lowest BCUT2D eigenvalue weighted by molar-refractivity contribution is 0.210. The Kier molecular flexibility index (Phi) is 9.04. The molecule has 172 valence electrons. The first-order chi connectivity index (χ1) is 15.6. The summed E-state index contributed by atoms with van der Waals surface area (Å²) in [5, 5.41) is 7.34. The molecular weight excluding hydrogens is 430 g/mol. The van der Waals surface area contributed by atoms with Gasteiger partial charge in [-0.05, 0) is 49.1 Å². The number of hydrogen-bond acceptors (Lipinski definition) is 5. The number of benzene rings is 2. The first kappa shape index (κ1) is 23.7. The maximum absolute atomic E-state index is 12.0. The Balaban J connectivity index is 1.51. The molecule has 8 heteroatoms. The molecule has 0 bridgehead atoms. The predicted octanol–water partition coefficient (Wildman–Crippen LogP) is 5.08. The molecule has 0 unspecified atom stereocenters. The molecule has 0 aliphatic heterocycles. The fourth-order valence-corrected chi connectivity index (χ4v) is 3.87. The maximum atomic E-state index is 12.0. The zero-order valence-electron chi connectivity index (χ0n) is 18.5. The summed E-state index contributed by atoms with van der Waals surface area (Å²) in [5.41, 5.74) is 4.24. The van der Waals surface area contributed by atoms with Gasteiger partial charge in [0.2, 0.25) is 0 Å². The van der Waals surface area contributed by atoms with Gasteiger partial charge in [-0.1, -0.05) is 49.1 Å². The van der Waals surface area contributed by atoms with Crippen LogP contribution < -0.4 is 25.0 Å². The third-order valence-electron chi connectivity index (χ3n) is 5.25. The Morgan fingerprint density at radius 2 is 1.88 bits per heavy atom. The molecule has 32 heavy (non-hydrogen) atoms. The Morgan fingerprint density at radius 1 is 1.12 bits per heavy atom. The van der Waals surface area contributed by atoms with E-state index in [-0.39, 0.29) is 12.1 Å². The largest absolute Gasteiger partial charge is 0.493 e. The minimum absolute atomic E-state index is 0.222. The third kappa shape index (κ3) is 7.05. The summed E-state index contributed by atoms with van der Waals surface area (Å²) in [5.74, 6) is 1.73. The Hall–Kier alpha value is -2.93. The van der Waals surface area contributed by atoms with E-state index in [0.717, 1.165) is 37.0 Å². The molecule has 0 spiro atoms. The van der Waals surface area contributed by atoms with Crippen molar-refractivity contribution in [2.45, 2.75) is 45.1 Å². The summed E-state index contributed by atoms with van der Waals surface area (Å²) in [6, 6.07) is 11.2. The molecule has 7 nitrogen and oxygen atoms in total. The normalized spacial score (nSPS) is 14.2. The topological polar surface area (TPSA) is 81.2 Å². The highest BCUT2D eigenvalue weighted by Gasteiger charge is 2.15. The number of amides is 2. The Morgan fingerprint density at radius 3 is 2.62 bits per heavy atom. The van der Waals surface area contributed by atoms with Gasteiger partial charge in [0.25, 0.3) is 0 Å². The SMILES string of the molecule is COc1cc(/C=N\NC(=O)NC2CCCCC2)cc(Cl)c1OCCOc1ccccc1C. The zero-order valence-corrected chi connectivity index (χ0v) is 19.3. The average molecular weight is 460 g/mol. The number of hydrogen-bond donors (Lipinski definition) is 2. The number of methoxy groups -OCH3 is 1. The molecule has 2 aromatic carbocycles. The summed E-state index contributed by atoms with van der Waals surface area (Å²) >= 11 is 6.40. The van der Waals surface area contributed by atoms with E-state index in [9.17, 15) is 4.79 Å². The van der Waals surface area contributed by atoms with Crippen molar-refractivity contribution in [1.29, 1.82) is 0 Å². The van der Waals surface area contributed by atoms with E-state index < -0.39 is 0 Å². The summed E-state index contributed by atoms with van der Waals surface area (Å²) in [4.78, 5) is 12.0. The minimum atomic E-state index is -0.306. The van der Waals surface area contributed by atoms with Crippen LogP contribution in [0, 0.1) is 6.92 Å². The summed E-state index contributed by atoms with van der Waals surface area (Å²) in [6.07, 6.45) is 7.08. The van der Waals surface area contributed by atoms with Crippen LogP contribution >= 0.6 is 11.6 Å². The molecular formula is C24H30ClN3O4. The number of nitrogens with zero attached hydrogens (tertiary/aromatic N) is 1. The minimum Gasteiger partial charge on any atom is -0.493 e. The van der Waals surface area contributed by atoms with Crippen LogP contribution in [-0.2, 0) is 0 Å². The number of para-hydroxylation sites is 1. The standard InChI is InChI=1S/C24H30ClN3O4/c1-17-8-6-7-11-21(17)31-12-13-32-23-20(25)14-18(15-22(23)30-2)16-26-28-24(29)27-19-9-4-3-5-10-19/h6-8,11,14-16,19H,3-5,9-10,12-13H2,1-2H3,(H2,27,28,29)/b26-16-. The molecule has 2 amide bonds. The summed E-state index contributed by atoms with van der Waals surface area (Å²) in [6.45, 7) is 2.67. The summed E-state index contributed by atoms with van der Waals surface area (Å²) < 4.78 is 17.0. The number of nitrogens with one attached hydrogen (secondary N) is 2. The second-order valence-corrected chi connectivity index (χ2v) is 8.08. The lowest BCUT2D eigenvalue weighted by atomic mass is 9.96. The second kappa shape index (κ2) is 12.2. The molecule has 1 saturated carbocycles. The van der Waals surface area contributed by atoms with Gasteiger partial charge in [0.15, 0.2) is 11.5 Å². The van der Waals surface area contributed by atoms with Crippen LogP contribution in [0.3, 0.4) is 0 Å². The van der Waals surface area contributed by atoms with Gasteiger partial charge in [0.05, 0.1) is 18.3 Å². The highest BCUT2D eigenvalue weighted by Crippen LogP contribution is 2.36. The van der Waals surface area contributed by atoms with Crippen molar-refractivity contribution >= 4 is 23.8 Å². The number of carbonyl (C=O) groups is 1. The van der Waals surface area contributed by atoms with Crippen LogP contribution in [0.2, 0.25) is 5.02 Å². The van der Waals surface area contributed by atoms with E-state index in [1.807, 2.05) is 31.2 Å². The highest BCUT2D eigenvalue weighted by molar-refractivity contribution is 6.32. The molecule has 2 aromatic rings. The van der Waals surface area contributed by atoms with Gasteiger partial charge < -0.3 is 19.5 Å². The van der Waals surface area contributed by atoms with Gasteiger partial charge in [-0.2, -0.15) is 5.10 Å². The van der Waals surface area contributed by atoms with Crippen molar-refractivity contribution in [3.63, 3.8) is 0 Å². The van der Waals surface area contributed by atoms with Crippen LogP contribution in [0.25, 0.3) is 0 Å². The van der Waals surface area contributed by atoms with Gasteiger partial charge in [-0.25, -0.2) is 10.2 Å². The molecule has 3 rings (SSSR count). The van der Waals surface area contributed by atoms with Gasteiger partial charge in [-0.15, -0.1) is 0 Å². The van der Waals surface area contributed by atoms with Gasteiger partial charge in [-0.3, -0.25) is 0 Å². The van der Waals surface area contributed by atoms with E-state index in [2.05, 4.69) is 15.8 Å². The highest BCUT2D eigenvalue weighted by atomic mass is 35.5. The fourth-order valence-electron chi connectivity index (χ4n) is 3.60.